The van der Waals surface area contributed by atoms with Gasteiger partial charge in [-0.1, -0.05) is 78.3 Å². The first kappa shape index (κ1) is 24.9. The minimum Gasteiger partial charge on any atom is -0.307 e. The maximum atomic E-state index is 14.0. The summed E-state index contributed by atoms with van der Waals surface area (Å²) in [6, 6.07) is 22.2. The molecule has 4 rings (SSSR count). The summed E-state index contributed by atoms with van der Waals surface area (Å²) in [6.07, 6.45) is 0. The highest BCUT2D eigenvalue weighted by Crippen LogP contribution is 2.30. The van der Waals surface area contributed by atoms with Gasteiger partial charge in [0.25, 0.3) is 0 Å². The summed E-state index contributed by atoms with van der Waals surface area (Å²) in [7, 11) is -7.50. The lowest BCUT2D eigenvalue weighted by atomic mass is 10.1. The van der Waals surface area contributed by atoms with Crippen LogP contribution in [-0.2, 0) is 33.0 Å². The Morgan fingerprint density at radius 1 is 0.941 bits per heavy atom. The summed E-state index contributed by atoms with van der Waals surface area (Å²) in [4.78, 5) is 0.0852. The van der Waals surface area contributed by atoms with E-state index in [1.807, 2.05) is 60.7 Å². The molecule has 9 heteroatoms. The first-order valence-electron chi connectivity index (χ1n) is 11.0. The van der Waals surface area contributed by atoms with Crippen LogP contribution in [0.5, 0.6) is 0 Å². The number of hydrogen-bond donors (Lipinski definition) is 1. The van der Waals surface area contributed by atoms with Crippen LogP contribution in [0.1, 0.15) is 16.7 Å². The SMILES string of the molecule is Cc1ccc(Cl)cc1S(=O)(=O)N(Cc1ccccc1)[C@@H]1CS(=O)(=O)C[C@@H]1NCc1ccccc1. The van der Waals surface area contributed by atoms with E-state index in [1.165, 1.54) is 10.4 Å². The maximum absolute atomic E-state index is 14.0. The van der Waals surface area contributed by atoms with Gasteiger partial charge in [0, 0.05) is 24.2 Å². The fraction of sp³-hybridized carbons (Fsp3) is 0.280. The molecule has 0 saturated carbocycles. The molecule has 3 aromatic carbocycles. The quantitative estimate of drug-likeness (QED) is 0.490. The van der Waals surface area contributed by atoms with E-state index in [1.54, 1.807) is 19.1 Å². The van der Waals surface area contributed by atoms with Crippen LogP contribution in [0.25, 0.3) is 0 Å². The normalized spacial score (nSPS) is 20.0. The Balaban J connectivity index is 1.74. The molecule has 0 bridgehead atoms. The standard InChI is InChI=1S/C25H27ClN2O4S2/c1-19-12-13-22(26)14-25(19)34(31,32)28(16-21-10-6-3-7-11-21)24-18-33(29,30)17-23(24)27-15-20-8-4-2-5-9-20/h2-14,23-24,27H,15-18H2,1H3/t23-,24+/m0/s1. The van der Waals surface area contributed by atoms with Gasteiger partial charge in [-0.05, 0) is 35.7 Å². The van der Waals surface area contributed by atoms with Crippen molar-refractivity contribution in [2.45, 2.75) is 37.0 Å². The third-order valence-electron chi connectivity index (χ3n) is 6.02. The molecule has 0 amide bonds. The average molecular weight is 519 g/mol. The van der Waals surface area contributed by atoms with Gasteiger partial charge in [0.1, 0.15) is 0 Å². The summed E-state index contributed by atoms with van der Waals surface area (Å²) in [6.45, 7) is 2.20. The highest BCUT2D eigenvalue weighted by Gasteiger charge is 2.45. The fourth-order valence-electron chi connectivity index (χ4n) is 4.27. The van der Waals surface area contributed by atoms with E-state index in [0.29, 0.717) is 17.1 Å². The van der Waals surface area contributed by atoms with Crippen molar-refractivity contribution >= 4 is 31.5 Å². The summed E-state index contributed by atoms with van der Waals surface area (Å²) in [5.74, 6) is -0.370. The van der Waals surface area contributed by atoms with Gasteiger partial charge >= 0.3 is 0 Å². The highest BCUT2D eigenvalue weighted by molar-refractivity contribution is 7.92. The van der Waals surface area contributed by atoms with Gasteiger partial charge in [-0.3, -0.25) is 0 Å². The molecule has 180 valence electrons. The number of rotatable bonds is 8. The number of aryl methyl sites for hydroxylation is 1. The molecule has 6 nitrogen and oxygen atoms in total. The molecule has 1 fully saturated rings. The van der Waals surface area contributed by atoms with Crippen LogP contribution in [0.15, 0.2) is 83.8 Å². The molecule has 34 heavy (non-hydrogen) atoms. The molecule has 1 saturated heterocycles. The second-order valence-electron chi connectivity index (χ2n) is 8.56. The van der Waals surface area contributed by atoms with Gasteiger partial charge in [-0.25, -0.2) is 16.8 Å². The number of benzene rings is 3. The predicted octanol–water partition coefficient (Wildman–Crippen LogP) is 3.79. The molecule has 0 radical (unpaired) electrons. The molecule has 0 spiro atoms. The molecular formula is C25H27ClN2O4S2. The number of sulfone groups is 1. The number of nitrogens with zero attached hydrogens (tertiary/aromatic N) is 1. The highest BCUT2D eigenvalue weighted by atomic mass is 35.5. The predicted molar refractivity (Wildman–Crippen MR) is 135 cm³/mol. The zero-order valence-electron chi connectivity index (χ0n) is 18.8. The van der Waals surface area contributed by atoms with Gasteiger partial charge in [0.05, 0.1) is 22.4 Å². The average Bonchev–Trinajstić information content (AvgIpc) is 3.12. The number of sulfonamides is 1. The van der Waals surface area contributed by atoms with Crippen molar-refractivity contribution in [3.8, 4) is 0 Å². The van der Waals surface area contributed by atoms with E-state index in [4.69, 9.17) is 11.6 Å². The first-order chi connectivity index (χ1) is 16.2. The van der Waals surface area contributed by atoms with Crippen molar-refractivity contribution in [1.82, 2.24) is 9.62 Å². The minimum atomic E-state index is -4.06. The monoisotopic (exact) mass is 518 g/mol. The fourth-order valence-corrected chi connectivity index (χ4v) is 8.46. The van der Waals surface area contributed by atoms with Crippen molar-refractivity contribution in [3.63, 3.8) is 0 Å². The largest absolute Gasteiger partial charge is 0.307 e. The zero-order valence-corrected chi connectivity index (χ0v) is 21.2. The van der Waals surface area contributed by atoms with Crippen LogP contribution < -0.4 is 5.32 Å². The van der Waals surface area contributed by atoms with Crippen LogP contribution in [0.2, 0.25) is 5.02 Å². The topological polar surface area (TPSA) is 83.6 Å². The first-order valence-corrected chi connectivity index (χ1v) is 14.6. The second-order valence-corrected chi connectivity index (χ2v) is 13.0. The van der Waals surface area contributed by atoms with E-state index in [-0.39, 0.29) is 22.9 Å². The van der Waals surface area contributed by atoms with E-state index >= 15 is 0 Å². The summed E-state index contributed by atoms with van der Waals surface area (Å²) in [5, 5.41) is 3.62. The molecule has 1 N–H and O–H groups in total. The summed E-state index contributed by atoms with van der Waals surface area (Å²) >= 11 is 6.15. The van der Waals surface area contributed by atoms with E-state index < -0.39 is 31.9 Å². The van der Waals surface area contributed by atoms with Crippen LogP contribution in [0.4, 0.5) is 0 Å². The van der Waals surface area contributed by atoms with E-state index in [2.05, 4.69) is 5.32 Å². The number of hydrogen-bond acceptors (Lipinski definition) is 5. The molecule has 0 aliphatic carbocycles. The Morgan fingerprint density at radius 3 is 2.21 bits per heavy atom. The lowest BCUT2D eigenvalue weighted by molar-refractivity contribution is 0.286. The Labute approximate surface area is 206 Å². The smallest absolute Gasteiger partial charge is 0.244 e. The second kappa shape index (κ2) is 10.2. The molecule has 1 heterocycles. The van der Waals surface area contributed by atoms with Gasteiger partial charge in [0.2, 0.25) is 10.0 Å². The summed E-state index contributed by atoms with van der Waals surface area (Å²) in [5.41, 5.74) is 2.32. The third-order valence-corrected chi connectivity index (χ3v) is 9.99. The molecular weight excluding hydrogens is 492 g/mol. The van der Waals surface area contributed by atoms with E-state index in [0.717, 1.165) is 11.1 Å². The van der Waals surface area contributed by atoms with Crippen molar-refractivity contribution < 1.29 is 16.8 Å². The minimum absolute atomic E-state index is 0.0544. The molecule has 0 aromatic heterocycles. The Bertz CT molecular complexity index is 1350. The van der Waals surface area contributed by atoms with Gasteiger partial charge in [0.15, 0.2) is 9.84 Å². The molecule has 1 aliphatic heterocycles. The van der Waals surface area contributed by atoms with Crippen molar-refractivity contribution in [1.29, 1.82) is 0 Å². The van der Waals surface area contributed by atoms with Gasteiger partial charge in [-0.15, -0.1) is 0 Å². The number of nitrogens with one attached hydrogen (secondary N) is 1. The number of halogens is 1. The van der Waals surface area contributed by atoms with Crippen molar-refractivity contribution in [3.05, 3.63) is 101 Å². The maximum Gasteiger partial charge on any atom is 0.244 e. The van der Waals surface area contributed by atoms with Crippen LogP contribution >= 0.6 is 11.6 Å². The zero-order chi connectivity index (χ0) is 24.3. The summed E-state index contributed by atoms with van der Waals surface area (Å²) < 4.78 is 54.7. The molecule has 0 unspecified atom stereocenters. The van der Waals surface area contributed by atoms with Gasteiger partial charge in [-0.2, -0.15) is 4.31 Å². The third kappa shape index (κ3) is 5.70. The van der Waals surface area contributed by atoms with Crippen LogP contribution in [0.3, 0.4) is 0 Å². The molecule has 1 aliphatic rings. The van der Waals surface area contributed by atoms with Gasteiger partial charge < -0.3 is 5.32 Å². The molecule has 2 atom stereocenters. The lowest BCUT2D eigenvalue weighted by Gasteiger charge is -2.32. The van der Waals surface area contributed by atoms with E-state index in [9.17, 15) is 16.8 Å². The Kier molecular flexibility index (Phi) is 7.45. The van der Waals surface area contributed by atoms with Crippen LogP contribution in [0, 0.1) is 6.92 Å². The van der Waals surface area contributed by atoms with Crippen LogP contribution in [-0.4, -0.2) is 44.7 Å². The molecule has 3 aromatic rings. The lowest BCUT2D eigenvalue weighted by Crippen LogP contribution is -2.51. The Hall–Kier alpha value is -2.23. The van der Waals surface area contributed by atoms with Crippen molar-refractivity contribution in [2.24, 2.45) is 0 Å². The Morgan fingerprint density at radius 2 is 1.56 bits per heavy atom. The van der Waals surface area contributed by atoms with Crippen molar-refractivity contribution in [2.75, 3.05) is 11.5 Å².